The number of carboxylic acids is 1. The lowest BCUT2D eigenvalue weighted by Gasteiger charge is -2.24. The van der Waals surface area contributed by atoms with E-state index in [9.17, 15) is 19.1 Å². The van der Waals surface area contributed by atoms with Crippen LogP contribution in [0.1, 0.15) is 32.8 Å². The molecule has 21 heavy (non-hydrogen) atoms. The largest absolute Gasteiger partial charge is 0.550 e. The number of aliphatic carboxylic acids is 1. The van der Waals surface area contributed by atoms with Gasteiger partial charge in [-0.2, -0.15) is 0 Å². The SMILES string of the molecule is CC(C)(C)OC(=O)N[C@H](CC(=O)[O-])Cc1ccc(F)cc1. The number of hydrogen-bond acceptors (Lipinski definition) is 4. The first-order valence-electron chi connectivity index (χ1n) is 6.59. The summed E-state index contributed by atoms with van der Waals surface area (Å²) in [5.74, 6) is -1.66. The molecule has 0 aromatic heterocycles. The topological polar surface area (TPSA) is 78.5 Å². The summed E-state index contributed by atoms with van der Waals surface area (Å²) in [6, 6.07) is 4.94. The molecule has 0 saturated carbocycles. The van der Waals surface area contributed by atoms with Gasteiger partial charge in [0.25, 0.3) is 0 Å². The standard InChI is InChI=1S/C15H20FNO4/c1-15(2,3)21-14(20)17-12(9-13(18)19)8-10-4-6-11(16)7-5-10/h4-7,12H,8-9H2,1-3H3,(H,17,20)(H,18,19)/p-1/t12-/m0/s1. The molecule has 0 fully saturated rings. The predicted molar refractivity (Wildman–Crippen MR) is 72.9 cm³/mol. The third-order valence-electron chi connectivity index (χ3n) is 2.53. The quantitative estimate of drug-likeness (QED) is 0.891. The van der Waals surface area contributed by atoms with E-state index in [2.05, 4.69) is 5.32 Å². The fourth-order valence-electron chi connectivity index (χ4n) is 1.75. The first-order chi connectivity index (χ1) is 9.65. The van der Waals surface area contributed by atoms with Gasteiger partial charge >= 0.3 is 6.09 Å². The Balaban J connectivity index is 2.69. The first-order valence-corrected chi connectivity index (χ1v) is 6.59. The second-order valence-electron chi connectivity index (χ2n) is 5.75. The Morgan fingerprint density at radius 3 is 2.33 bits per heavy atom. The molecule has 0 heterocycles. The second-order valence-corrected chi connectivity index (χ2v) is 5.75. The number of alkyl carbamates (subject to hydrolysis) is 1. The maximum absolute atomic E-state index is 12.8. The van der Waals surface area contributed by atoms with Crippen LogP contribution in [0.3, 0.4) is 0 Å². The fourth-order valence-corrected chi connectivity index (χ4v) is 1.75. The minimum absolute atomic E-state index is 0.244. The molecule has 1 aromatic rings. The minimum atomic E-state index is -1.28. The zero-order valence-electron chi connectivity index (χ0n) is 12.3. The third-order valence-corrected chi connectivity index (χ3v) is 2.53. The van der Waals surface area contributed by atoms with Gasteiger partial charge in [0, 0.05) is 18.4 Å². The Kier molecular flexibility index (Phi) is 5.69. The molecule has 0 radical (unpaired) electrons. The highest BCUT2D eigenvalue weighted by atomic mass is 19.1. The van der Waals surface area contributed by atoms with Crippen LogP contribution in [-0.2, 0) is 16.0 Å². The van der Waals surface area contributed by atoms with Gasteiger partial charge in [0.2, 0.25) is 0 Å². The van der Waals surface area contributed by atoms with Gasteiger partial charge in [0.15, 0.2) is 0 Å². The van der Waals surface area contributed by atoms with Crippen molar-refractivity contribution in [1.82, 2.24) is 5.32 Å². The number of benzene rings is 1. The van der Waals surface area contributed by atoms with E-state index in [1.165, 1.54) is 24.3 Å². The van der Waals surface area contributed by atoms with Crippen LogP contribution in [0, 0.1) is 5.82 Å². The van der Waals surface area contributed by atoms with Crippen molar-refractivity contribution < 1.29 is 23.8 Å². The Morgan fingerprint density at radius 1 is 1.29 bits per heavy atom. The summed E-state index contributed by atoms with van der Waals surface area (Å²) in [6.07, 6.45) is -0.805. The van der Waals surface area contributed by atoms with Crippen molar-refractivity contribution in [2.24, 2.45) is 0 Å². The number of nitrogens with one attached hydrogen (secondary N) is 1. The summed E-state index contributed by atoms with van der Waals surface area (Å²) >= 11 is 0. The molecule has 1 amide bonds. The van der Waals surface area contributed by atoms with Crippen LogP contribution in [0.5, 0.6) is 0 Å². The smallest absolute Gasteiger partial charge is 0.407 e. The molecule has 1 atom stereocenters. The monoisotopic (exact) mass is 296 g/mol. The van der Waals surface area contributed by atoms with Crippen molar-refractivity contribution in [3.05, 3.63) is 35.6 Å². The van der Waals surface area contributed by atoms with Gasteiger partial charge in [-0.1, -0.05) is 12.1 Å². The normalized spacial score (nSPS) is 12.6. The van der Waals surface area contributed by atoms with E-state index in [0.717, 1.165) is 0 Å². The maximum Gasteiger partial charge on any atom is 0.407 e. The molecule has 0 bridgehead atoms. The third kappa shape index (κ3) is 7.29. The fraction of sp³-hybridized carbons (Fsp3) is 0.467. The Morgan fingerprint density at radius 2 is 1.86 bits per heavy atom. The van der Waals surface area contributed by atoms with Crippen molar-refractivity contribution in [3.8, 4) is 0 Å². The summed E-state index contributed by atoms with van der Waals surface area (Å²) < 4.78 is 17.9. The van der Waals surface area contributed by atoms with E-state index in [1.54, 1.807) is 20.8 Å². The molecule has 0 aliphatic rings. The van der Waals surface area contributed by atoms with E-state index in [0.29, 0.717) is 5.56 Å². The molecule has 1 aromatic carbocycles. The van der Waals surface area contributed by atoms with Crippen molar-refractivity contribution >= 4 is 12.1 Å². The van der Waals surface area contributed by atoms with Crippen LogP contribution in [0.2, 0.25) is 0 Å². The Bertz CT molecular complexity index is 493. The molecule has 1 N–H and O–H groups in total. The van der Waals surface area contributed by atoms with E-state index in [1.807, 2.05) is 0 Å². The van der Waals surface area contributed by atoms with Crippen molar-refractivity contribution in [2.75, 3.05) is 0 Å². The average molecular weight is 296 g/mol. The summed E-state index contributed by atoms with van der Waals surface area (Å²) in [4.78, 5) is 22.4. The van der Waals surface area contributed by atoms with E-state index >= 15 is 0 Å². The Hall–Kier alpha value is -2.11. The molecular weight excluding hydrogens is 277 g/mol. The number of carbonyl (C=O) groups excluding carboxylic acids is 2. The molecule has 5 nitrogen and oxygen atoms in total. The van der Waals surface area contributed by atoms with Crippen molar-refractivity contribution in [3.63, 3.8) is 0 Å². The van der Waals surface area contributed by atoms with Crippen LogP contribution >= 0.6 is 0 Å². The van der Waals surface area contributed by atoms with Crippen LogP contribution < -0.4 is 10.4 Å². The highest BCUT2D eigenvalue weighted by molar-refractivity contribution is 5.70. The minimum Gasteiger partial charge on any atom is -0.550 e. The number of hydrogen-bond donors (Lipinski definition) is 1. The van der Waals surface area contributed by atoms with Gasteiger partial charge in [-0.15, -0.1) is 0 Å². The second kappa shape index (κ2) is 7.06. The molecule has 0 spiro atoms. The highest BCUT2D eigenvalue weighted by Crippen LogP contribution is 2.10. The van der Waals surface area contributed by atoms with Crippen LogP contribution in [0.4, 0.5) is 9.18 Å². The van der Waals surface area contributed by atoms with Gasteiger partial charge in [0.1, 0.15) is 11.4 Å². The molecule has 0 aliphatic heterocycles. The van der Waals surface area contributed by atoms with Gasteiger partial charge in [-0.3, -0.25) is 0 Å². The van der Waals surface area contributed by atoms with E-state index < -0.39 is 23.7 Å². The van der Waals surface area contributed by atoms with Gasteiger partial charge < -0.3 is 20.0 Å². The van der Waals surface area contributed by atoms with Crippen LogP contribution in [-0.4, -0.2) is 23.7 Å². The number of amides is 1. The lowest BCUT2D eigenvalue weighted by atomic mass is 10.0. The Labute approximate surface area is 123 Å². The van der Waals surface area contributed by atoms with Crippen LogP contribution in [0.25, 0.3) is 0 Å². The summed E-state index contributed by atoms with van der Waals surface area (Å²) in [5.41, 5.74) is 0.0325. The number of rotatable bonds is 5. The van der Waals surface area contributed by atoms with Crippen LogP contribution in [0.15, 0.2) is 24.3 Å². The molecule has 116 valence electrons. The van der Waals surface area contributed by atoms with Gasteiger partial charge in [0.05, 0.1) is 0 Å². The lowest BCUT2D eigenvalue weighted by molar-refractivity contribution is -0.306. The molecule has 6 heteroatoms. The van der Waals surface area contributed by atoms with Crippen molar-refractivity contribution in [1.29, 1.82) is 0 Å². The molecule has 1 rings (SSSR count). The highest BCUT2D eigenvalue weighted by Gasteiger charge is 2.20. The zero-order valence-corrected chi connectivity index (χ0v) is 12.3. The van der Waals surface area contributed by atoms with E-state index in [-0.39, 0.29) is 18.7 Å². The summed E-state index contributed by atoms with van der Waals surface area (Å²) in [5, 5.41) is 13.2. The summed E-state index contributed by atoms with van der Waals surface area (Å²) in [7, 11) is 0. The number of halogens is 1. The predicted octanol–water partition coefficient (Wildman–Crippen LogP) is 1.40. The number of carbonyl (C=O) groups is 2. The maximum atomic E-state index is 12.8. The molecule has 0 unspecified atom stereocenters. The average Bonchev–Trinajstić information content (AvgIpc) is 2.28. The first kappa shape index (κ1) is 16.9. The number of carboxylic acid groups (broad SMARTS) is 1. The molecular formula is C15H19FNO4-. The molecule has 0 aliphatic carbocycles. The van der Waals surface area contributed by atoms with Crippen molar-refractivity contribution in [2.45, 2.75) is 45.3 Å². The molecule has 0 saturated heterocycles. The zero-order chi connectivity index (χ0) is 16.0. The number of ether oxygens (including phenoxy) is 1. The lowest BCUT2D eigenvalue weighted by Crippen LogP contribution is -2.43. The van der Waals surface area contributed by atoms with Gasteiger partial charge in [-0.25, -0.2) is 9.18 Å². The van der Waals surface area contributed by atoms with Gasteiger partial charge in [-0.05, 0) is 44.9 Å². The summed E-state index contributed by atoms with van der Waals surface area (Å²) in [6.45, 7) is 5.13. The van der Waals surface area contributed by atoms with E-state index in [4.69, 9.17) is 4.74 Å².